The molecule has 0 aliphatic rings. The number of carbonyl (C=O) groups is 1. The molecule has 6 nitrogen and oxygen atoms in total. The zero-order chi connectivity index (χ0) is 14.6. The highest BCUT2D eigenvalue weighted by Crippen LogP contribution is 2.30. The molecule has 0 saturated heterocycles. The van der Waals surface area contributed by atoms with Gasteiger partial charge in [-0.15, -0.1) is 0 Å². The molecule has 0 heterocycles. The number of halogens is 2. The first-order valence-corrected chi connectivity index (χ1v) is 6.22. The highest BCUT2D eigenvalue weighted by atomic mass is 79.9. The summed E-state index contributed by atoms with van der Waals surface area (Å²) in [6.07, 6.45) is 0.282. The summed E-state index contributed by atoms with van der Waals surface area (Å²) in [6, 6.07) is 2.08. The molecule has 0 bridgehead atoms. The normalized spacial score (nSPS) is 11.9. The van der Waals surface area contributed by atoms with Crippen LogP contribution in [0.15, 0.2) is 16.6 Å². The molecule has 0 saturated carbocycles. The van der Waals surface area contributed by atoms with Crippen molar-refractivity contribution in [3.05, 3.63) is 32.5 Å². The van der Waals surface area contributed by atoms with Crippen LogP contribution in [-0.2, 0) is 4.79 Å². The maximum atomic E-state index is 13.3. The quantitative estimate of drug-likeness (QED) is 0.616. The zero-order valence-electron chi connectivity index (χ0n) is 10.0. The predicted octanol–water partition coefficient (Wildman–Crippen LogP) is 3.02. The van der Waals surface area contributed by atoms with E-state index in [1.165, 1.54) is 6.92 Å². The fraction of sp³-hybridized carbons (Fsp3) is 0.364. The number of anilines is 1. The smallest absolute Gasteiger partial charge is 0.306 e. The molecule has 0 radical (unpaired) electrons. The number of benzene rings is 1. The van der Waals surface area contributed by atoms with Crippen molar-refractivity contribution in [2.24, 2.45) is 5.92 Å². The van der Waals surface area contributed by atoms with Crippen molar-refractivity contribution in [2.45, 2.75) is 13.3 Å². The molecule has 1 aromatic carbocycles. The van der Waals surface area contributed by atoms with E-state index in [2.05, 4.69) is 21.2 Å². The minimum absolute atomic E-state index is 0.00338. The molecular weight excluding hydrogens is 323 g/mol. The number of aliphatic carboxylic acids is 1. The maximum absolute atomic E-state index is 13.3. The number of hydrogen-bond donors (Lipinski definition) is 2. The van der Waals surface area contributed by atoms with Crippen molar-refractivity contribution in [2.75, 3.05) is 11.9 Å². The molecule has 0 aliphatic heterocycles. The molecule has 19 heavy (non-hydrogen) atoms. The molecule has 0 amide bonds. The van der Waals surface area contributed by atoms with Gasteiger partial charge in [-0.3, -0.25) is 14.9 Å². The van der Waals surface area contributed by atoms with Crippen LogP contribution in [0.5, 0.6) is 0 Å². The number of nitro benzene ring substituents is 1. The van der Waals surface area contributed by atoms with Crippen LogP contribution in [-0.4, -0.2) is 22.5 Å². The van der Waals surface area contributed by atoms with Gasteiger partial charge in [-0.05, 0) is 22.4 Å². The summed E-state index contributed by atoms with van der Waals surface area (Å²) in [5, 5.41) is 22.2. The van der Waals surface area contributed by atoms with Crippen molar-refractivity contribution < 1.29 is 19.2 Å². The molecule has 8 heteroatoms. The van der Waals surface area contributed by atoms with E-state index in [1.54, 1.807) is 0 Å². The van der Waals surface area contributed by atoms with E-state index in [1.807, 2.05) is 0 Å². The first-order valence-electron chi connectivity index (χ1n) is 5.43. The summed E-state index contributed by atoms with van der Waals surface area (Å²) in [5.74, 6) is -2.15. The van der Waals surface area contributed by atoms with Gasteiger partial charge in [0.2, 0.25) is 0 Å². The Morgan fingerprint density at radius 2 is 2.26 bits per heavy atom. The van der Waals surface area contributed by atoms with Gasteiger partial charge < -0.3 is 10.4 Å². The molecule has 2 N–H and O–H groups in total. The number of hydrogen-bond acceptors (Lipinski definition) is 4. The van der Waals surface area contributed by atoms with E-state index in [9.17, 15) is 19.3 Å². The fourth-order valence-electron chi connectivity index (χ4n) is 1.38. The predicted molar refractivity (Wildman–Crippen MR) is 70.7 cm³/mol. The van der Waals surface area contributed by atoms with Crippen molar-refractivity contribution in [1.29, 1.82) is 0 Å². The molecule has 1 unspecified atom stereocenters. The number of nitrogens with one attached hydrogen (secondary N) is 1. The van der Waals surface area contributed by atoms with Crippen molar-refractivity contribution >= 4 is 33.3 Å². The fourth-order valence-corrected chi connectivity index (χ4v) is 1.71. The minimum atomic E-state index is -0.946. The number of nitro groups is 1. The van der Waals surface area contributed by atoms with Crippen LogP contribution in [0, 0.1) is 21.8 Å². The van der Waals surface area contributed by atoms with E-state index in [-0.39, 0.29) is 28.8 Å². The Kier molecular flexibility index (Phi) is 5.22. The largest absolute Gasteiger partial charge is 0.481 e. The van der Waals surface area contributed by atoms with Crippen molar-refractivity contribution in [3.8, 4) is 0 Å². The van der Waals surface area contributed by atoms with Crippen LogP contribution in [0.3, 0.4) is 0 Å². The molecule has 0 aliphatic carbocycles. The Hall–Kier alpha value is -1.70. The van der Waals surface area contributed by atoms with Gasteiger partial charge in [-0.25, -0.2) is 4.39 Å². The van der Waals surface area contributed by atoms with Crippen LogP contribution in [0.4, 0.5) is 15.8 Å². The lowest BCUT2D eigenvalue weighted by molar-refractivity contribution is -0.384. The SMILES string of the molecule is CC(CCNc1cc(F)c(Br)cc1[N+](=O)[O-])C(=O)O. The van der Waals surface area contributed by atoms with E-state index in [0.29, 0.717) is 0 Å². The Bertz CT molecular complexity index is 510. The molecule has 1 aromatic rings. The second-order valence-corrected chi connectivity index (χ2v) is 4.85. The molecule has 104 valence electrons. The summed E-state index contributed by atoms with van der Waals surface area (Å²) < 4.78 is 13.3. The Morgan fingerprint density at radius 3 is 2.79 bits per heavy atom. The van der Waals surface area contributed by atoms with E-state index in [0.717, 1.165) is 12.1 Å². The second-order valence-electron chi connectivity index (χ2n) is 4.00. The van der Waals surface area contributed by atoms with Crippen LogP contribution < -0.4 is 5.32 Å². The lowest BCUT2D eigenvalue weighted by atomic mass is 10.1. The maximum Gasteiger partial charge on any atom is 0.306 e. The van der Waals surface area contributed by atoms with Crippen LogP contribution in [0.2, 0.25) is 0 Å². The molecular formula is C11H12BrFN2O4. The third kappa shape index (κ3) is 4.16. The average Bonchev–Trinajstić information content (AvgIpc) is 2.32. The van der Waals surface area contributed by atoms with E-state index in [4.69, 9.17) is 5.11 Å². The third-order valence-corrected chi connectivity index (χ3v) is 3.16. The van der Waals surface area contributed by atoms with Gasteiger partial charge in [-0.2, -0.15) is 0 Å². The van der Waals surface area contributed by atoms with Gasteiger partial charge in [0.05, 0.1) is 15.3 Å². The number of carboxylic acids is 1. The molecule has 0 fully saturated rings. The monoisotopic (exact) mass is 334 g/mol. The van der Waals surface area contributed by atoms with Crippen LogP contribution >= 0.6 is 15.9 Å². The third-order valence-electron chi connectivity index (χ3n) is 2.55. The van der Waals surface area contributed by atoms with E-state index >= 15 is 0 Å². The summed E-state index contributed by atoms with van der Waals surface area (Å²) in [6.45, 7) is 1.73. The van der Waals surface area contributed by atoms with Crippen molar-refractivity contribution in [3.63, 3.8) is 0 Å². The number of carboxylic acid groups (broad SMARTS) is 1. The van der Waals surface area contributed by atoms with Gasteiger partial charge in [-0.1, -0.05) is 6.92 Å². The lowest BCUT2D eigenvalue weighted by Gasteiger charge is -2.10. The lowest BCUT2D eigenvalue weighted by Crippen LogP contribution is -2.15. The highest BCUT2D eigenvalue weighted by Gasteiger charge is 2.18. The topological polar surface area (TPSA) is 92.5 Å². The van der Waals surface area contributed by atoms with Gasteiger partial charge in [0, 0.05) is 18.7 Å². The van der Waals surface area contributed by atoms with Gasteiger partial charge >= 0.3 is 5.97 Å². The molecule has 1 atom stereocenters. The first kappa shape index (κ1) is 15.4. The summed E-state index contributed by atoms with van der Waals surface area (Å²) in [7, 11) is 0. The Morgan fingerprint density at radius 1 is 1.63 bits per heavy atom. The second kappa shape index (κ2) is 6.46. The first-order chi connectivity index (χ1) is 8.82. The summed E-state index contributed by atoms with van der Waals surface area (Å²) in [4.78, 5) is 20.8. The van der Waals surface area contributed by atoms with Crippen molar-refractivity contribution in [1.82, 2.24) is 0 Å². The minimum Gasteiger partial charge on any atom is -0.481 e. The molecule has 0 aromatic heterocycles. The average molecular weight is 335 g/mol. The number of rotatable bonds is 6. The Balaban J connectivity index is 2.80. The van der Waals surface area contributed by atoms with Gasteiger partial charge in [0.1, 0.15) is 11.5 Å². The standard InChI is InChI=1S/C11H12BrFN2O4/c1-6(11(16)17)2-3-14-9-5-8(13)7(12)4-10(9)15(18)19/h4-6,14H,2-3H2,1H3,(H,16,17). The Labute approximate surface area is 116 Å². The van der Waals surface area contributed by atoms with Crippen LogP contribution in [0.25, 0.3) is 0 Å². The van der Waals surface area contributed by atoms with Gasteiger partial charge in [0.15, 0.2) is 0 Å². The van der Waals surface area contributed by atoms with Gasteiger partial charge in [0.25, 0.3) is 5.69 Å². The number of nitrogens with zero attached hydrogens (tertiary/aromatic N) is 1. The summed E-state index contributed by atoms with van der Waals surface area (Å²) in [5.41, 5.74) is -0.237. The molecule has 1 rings (SSSR count). The summed E-state index contributed by atoms with van der Waals surface area (Å²) >= 11 is 2.87. The van der Waals surface area contributed by atoms with E-state index < -0.39 is 22.6 Å². The van der Waals surface area contributed by atoms with Crippen LogP contribution in [0.1, 0.15) is 13.3 Å². The molecule has 0 spiro atoms. The highest BCUT2D eigenvalue weighted by molar-refractivity contribution is 9.10. The zero-order valence-corrected chi connectivity index (χ0v) is 11.6.